The number of aromatic nitrogens is 1. The lowest BCUT2D eigenvalue weighted by atomic mass is 10.2. The summed E-state index contributed by atoms with van der Waals surface area (Å²) in [5, 5.41) is 9.23. The van der Waals surface area contributed by atoms with Crippen molar-refractivity contribution in [1.29, 1.82) is 0 Å². The Morgan fingerprint density at radius 1 is 1.33 bits per heavy atom. The molecule has 21 heavy (non-hydrogen) atoms. The third-order valence-corrected chi connectivity index (χ3v) is 4.90. The topological polar surface area (TPSA) is 70.5 Å². The van der Waals surface area contributed by atoms with Crippen molar-refractivity contribution in [3.63, 3.8) is 0 Å². The second-order valence-electron chi connectivity index (χ2n) is 4.53. The molecule has 0 aliphatic heterocycles. The number of sulfonamides is 1. The molecule has 7 heteroatoms. The van der Waals surface area contributed by atoms with Gasteiger partial charge in [-0.15, -0.1) is 0 Å². The van der Waals surface area contributed by atoms with Crippen molar-refractivity contribution in [3.8, 4) is 0 Å². The summed E-state index contributed by atoms with van der Waals surface area (Å²) in [6.45, 7) is -0.368. The van der Waals surface area contributed by atoms with Crippen LogP contribution >= 0.6 is 0 Å². The van der Waals surface area contributed by atoms with Crippen molar-refractivity contribution in [1.82, 2.24) is 9.29 Å². The molecular weight excluding hydrogens is 295 g/mol. The zero-order valence-corrected chi connectivity index (χ0v) is 12.2. The predicted octanol–water partition coefficient (Wildman–Crippen LogP) is 1.53. The van der Waals surface area contributed by atoms with Crippen molar-refractivity contribution in [2.75, 3.05) is 7.05 Å². The lowest BCUT2D eigenvalue weighted by molar-refractivity contribution is 0.278. The molecule has 0 saturated carbocycles. The quantitative estimate of drug-likeness (QED) is 0.909. The van der Waals surface area contributed by atoms with E-state index in [2.05, 4.69) is 4.98 Å². The summed E-state index contributed by atoms with van der Waals surface area (Å²) in [7, 11) is -2.50. The first-order valence-corrected chi connectivity index (χ1v) is 7.63. The smallest absolute Gasteiger partial charge is 0.243 e. The Bertz CT molecular complexity index is 720. The van der Waals surface area contributed by atoms with Gasteiger partial charge in [0.2, 0.25) is 10.0 Å². The van der Waals surface area contributed by atoms with E-state index >= 15 is 0 Å². The first-order chi connectivity index (χ1) is 9.95. The van der Waals surface area contributed by atoms with Crippen LogP contribution in [0, 0.1) is 5.82 Å². The molecule has 0 saturated heterocycles. The average Bonchev–Trinajstić information content (AvgIpc) is 2.48. The minimum atomic E-state index is -3.90. The molecule has 0 amide bonds. The Hall–Kier alpha value is -1.83. The SMILES string of the molecule is CN(Cc1cccnc1)S(=O)(=O)c1cc(F)ccc1CO. The van der Waals surface area contributed by atoms with E-state index in [1.807, 2.05) is 0 Å². The molecule has 2 aromatic rings. The maximum Gasteiger partial charge on any atom is 0.243 e. The number of rotatable bonds is 5. The first kappa shape index (κ1) is 15.6. The van der Waals surface area contributed by atoms with Gasteiger partial charge in [-0.3, -0.25) is 4.98 Å². The Labute approximate surface area is 122 Å². The molecule has 112 valence electrons. The number of aliphatic hydroxyl groups excluding tert-OH is 1. The van der Waals surface area contributed by atoms with Crippen LogP contribution in [-0.4, -0.2) is 29.9 Å². The van der Waals surface area contributed by atoms with Crippen LogP contribution in [0.5, 0.6) is 0 Å². The van der Waals surface area contributed by atoms with Gasteiger partial charge in [-0.1, -0.05) is 12.1 Å². The number of pyridine rings is 1. The van der Waals surface area contributed by atoms with Gasteiger partial charge < -0.3 is 5.11 Å². The number of hydrogen-bond donors (Lipinski definition) is 1. The van der Waals surface area contributed by atoms with Gasteiger partial charge in [0.25, 0.3) is 0 Å². The van der Waals surface area contributed by atoms with Gasteiger partial charge in [0.05, 0.1) is 11.5 Å². The largest absolute Gasteiger partial charge is 0.392 e. The molecule has 5 nitrogen and oxygen atoms in total. The summed E-state index contributed by atoms with van der Waals surface area (Å²) < 4.78 is 39.4. The predicted molar refractivity (Wildman–Crippen MR) is 75.2 cm³/mol. The maximum atomic E-state index is 13.3. The monoisotopic (exact) mass is 310 g/mol. The van der Waals surface area contributed by atoms with Gasteiger partial charge >= 0.3 is 0 Å². The molecule has 1 heterocycles. The minimum absolute atomic E-state index is 0.109. The van der Waals surface area contributed by atoms with Gasteiger partial charge in [0.15, 0.2) is 0 Å². The molecule has 0 spiro atoms. The zero-order valence-electron chi connectivity index (χ0n) is 11.4. The molecule has 0 radical (unpaired) electrons. The highest BCUT2D eigenvalue weighted by atomic mass is 32.2. The van der Waals surface area contributed by atoms with Crippen LogP contribution in [0.2, 0.25) is 0 Å². The number of aliphatic hydroxyl groups is 1. The van der Waals surface area contributed by atoms with E-state index in [4.69, 9.17) is 0 Å². The summed E-state index contributed by atoms with van der Waals surface area (Å²) in [4.78, 5) is 3.69. The molecule has 0 bridgehead atoms. The van der Waals surface area contributed by atoms with E-state index in [9.17, 15) is 17.9 Å². The fourth-order valence-corrected chi connectivity index (χ4v) is 3.28. The van der Waals surface area contributed by atoms with Crippen LogP contribution in [-0.2, 0) is 23.2 Å². The third-order valence-electron chi connectivity index (χ3n) is 3.02. The fraction of sp³-hybridized carbons (Fsp3) is 0.214. The highest BCUT2D eigenvalue weighted by molar-refractivity contribution is 7.89. The molecule has 2 rings (SSSR count). The van der Waals surface area contributed by atoms with Gasteiger partial charge in [-0.2, -0.15) is 4.31 Å². The number of hydrogen-bond acceptors (Lipinski definition) is 4. The summed E-state index contributed by atoms with van der Waals surface area (Å²) >= 11 is 0. The van der Waals surface area contributed by atoms with Gasteiger partial charge in [0.1, 0.15) is 5.82 Å². The minimum Gasteiger partial charge on any atom is -0.392 e. The molecule has 1 aromatic heterocycles. The van der Waals surface area contributed by atoms with Crippen LogP contribution in [0.1, 0.15) is 11.1 Å². The highest BCUT2D eigenvalue weighted by Crippen LogP contribution is 2.22. The van der Waals surface area contributed by atoms with Crippen LogP contribution in [0.15, 0.2) is 47.6 Å². The normalized spacial score (nSPS) is 11.8. The van der Waals surface area contributed by atoms with Crippen molar-refractivity contribution >= 4 is 10.0 Å². The lowest BCUT2D eigenvalue weighted by Gasteiger charge is -2.19. The van der Waals surface area contributed by atoms with E-state index in [0.717, 1.165) is 16.4 Å². The standard InChI is InChI=1S/C14H15FN2O3S/c1-17(9-11-3-2-6-16-8-11)21(19,20)14-7-13(15)5-4-12(14)10-18/h2-8,18H,9-10H2,1H3. The molecule has 0 aliphatic carbocycles. The molecular formula is C14H15FN2O3S. The molecule has 0 aliphatic rings. The third kappa shape index (κ3) is 3.44. The van der Waals surface area contributed by atoms with Crippen LogP contribution < -0.4 is 0 Å². The van der Waals surface area contributed by atoms with E-state index in [-0.39, 0.29) is 17.0 Å². The number of benzene rings is 1. The van der Waals surface area contributed by atoms with E-state index in [1.165, 1.54) is 13.1 Å². The molecule has 0 fully saturated rings. The van der Waals surface area contributed by atoms with E-state index in [0.29, 0.717) is 5.56 Å². The molecule has 0 atom stereocenters. The van der Waals surface area contributed by atoms with Crippen molar-refractivity contribution in [3.05, 3.63) is 59.7 Å². The highest BCUT2D eigenvalue weighted by Gasteiger charge is 2.24. The maximum absolute atomic E-state index is 13.3. The second-order valence-corrected chi connectivity index (χ2v) is 6.55. The number of nitrogens with zero attached hydrogens (tertiary/aromatic N) is 2. The first-order valence-electron chi connectivity index (χ1n) is 6.19. The van der Waals surface area contributed by atoms with Crippen molar-refractivity contribution < 1.29 is 17.9 Å². The summed E-state index contributed by atoms with van der Waals surface area (Å²) in [6, 6.07) is 6.75. The lowest BCUT2D eigenvalue weighted by Crippen LogP contribution is -2.27. The van der Waals surface area contributed by atoms with Gasteiger partial charge in [0, 0.05) is 26.0 Å². The molecule has 0 unspecified atom stereocenters. The zero-order chi connectivity index (χ0) is 15.5. The Morgan fingerprint density at radius 2 is 2.10 bits per heavy atom. The Kier molecular flexibility index (Phi) is 4.66. The van der Waals surface area contributed by atoms with Gasteiger partial charge in [-0.25, -0.2) is 12.8 Å². The Balaban J connectivity index is 2.35. The van der Waals surface area contributed by atoms with Gasteiger partial charge in [-0.05, 0) is 29.3 Å². The van der Waals surface area contributed by atoms with Crippen LogP contribution in [0.3, 0.4) is 0 Å². The summed E-state index contributed by atoms with van der Waals surface area (Å²) in [5.41, 5.74) is 0.875. The van der Waals surface area contributed by atoms with E-state index in [1.54, 1.807) is 24.5 Å². The average molecular weight is 310 g/mol. The fourth-order valence-electron chi connectivity index (χ4n) is 1.90. The van der Waals surface area contributed by atoms with Crippen LogP contribution in [0.25, 0.3) is 0 Å². The Morgan fingerprint density at radius 3 is 2.71 bits per heavy atom. The van der Waals surface area contributed by atoms with Crippen molar-refractivity contribution in [2.45, 2.75) is 18.0 Å². The molecule has 1 aromatic carbocycles. The van der Waals surface area contributed by atoms with E-state index < -0.39 is 22.4 Å². The second kappa shape index (κ2) is 6.30. The summed E-state index contributed by atoms with van der Waals surface area (Å²) in [6.07, 6.45) is 3.15. The molecule has 1 N–H and O–H groups in total. The van der Waals surface area contributed by atoms with Crippen molar-refractivity contribution in [2.24, 2.45) is 0 Å². The van der Waals surface area contributed by atoms with Crippen LogP contribution in [0.4, 0.5) is 4.39 Å². The summed E-state index contributed by atoms with van der Waals surface area (Å²) in [5.74, 6) is -0.666. The number of halogens is 1.